The van der Waals surface area contributed by atoms with E-state index in [-0.39, 0.29) is 36.2 Å². The van der Waals surface area contributed by atoms with E-state index in [0.29, 0.717) is 25.9 Å². The number of aromatic nitrogens is 1. The molecule has 2 aliphatic heterocycles. The topological polar surface area (TPSA) is 87.0 Å². The zero-order valence-electron chi connectivity index (χ0n) is 11.7. The number of carbonyl (C=O) groups excluding carboxylic acids is 3. The number of nitrogens with zero attached hydrogens (tertiary/aromatic N) is 4. The molecule has 0 N–H and O–H groups in total. The smallest absolute Gasteiger partial charge is 0.327 e. The molecule has 21 heavy (non-hydrogen) atoms. The second-order valence-electron chi connectivity index (χ2n) is 5.26. The van der Waals surface area contributed by atoms with Gasteiger partial charge in [0.15, 0.2) is 0 Å². The van der Waals surface area contributed by atoms with Gasteiger partial charge in [0.1, 0.15) is 6.54 Å². The van der Waals surface area contributed by atoms with Gasteiger partial charge in [-0.15, -0.1) is 0 Å². The largest absolute Gasteiger partial charge is 0.351 e. The zero-order chi connectivity index (χ0) is 15.0. The monoisotopic (exact) mass is 292 g/mol. The van der Waals surface area contributed by atoms with Crippen molar-refractivity contribution in [3.8, 4) is 0 Å². The van der Waals surface area contributed by atoms with Crippen LogP contribution in [0.5, 0.6) is 0 Å². The number of imide groups is 1. The van der Waals surface area contributed by atoms with Gasteiger partial charge in [-0.05, 0) is 12.8 Å². The fourth-order valence-corrected chi connectivity index (χ4v) is 2.77. The van der Waals surface area contributed by atoms with E-state index in [1.54, 1.807) is 9.80 Å². The van der Waals surface area contributed by atoms with Crippen molar-refractivity contribution in [3.63, 3.8) is 0 Å². The average molecular weight is 292 g/mol. The molecule has 2 fully saturated rings. The lowest BCUT2D eigenvalue weighted by Gasteiger charge is -2.35. The third-order valence-corrected chi connectivity index (χ3v) is 4.05. The summed E-state index contributed by atoms with van der Waals surface area (Å²) in [6.07, 6.45) is 2.75. The van der Waals surface area contributed by atoms with Crippen molar-refractivity contribution in [2.24, 2.45) is 0 Å². The second-order valence-corrected chi connectivity index (χ2v) is 5.26. The van der Waals surface area contributed by atoms with Crippen LogP contribution in [0.25, 0.3) is 0 Å². The van der Waals surface area contributed by atoms with Crippen molar-refractivity contribution < 1.29 is 18.9 Å². The summed E-state index contributed by atoms with van der Waals surface area (Å²) in [6.45, 7) is 1.20. The van der Waals surface area contributed by atoms with Crippen LogP contribution in [0.4, 0.5) is 4.79 Å². The van der Waals surface area contributed by atoms with Crippen molar-refractivity contribution in [1.29, 1.82) is 0 Å². The standard InChI is InChI=1S/C13H16N4O4/c1-15-11(18)8-17(13(15)20)9-3-6-16(7-4-9)12(19)10-2-5-14-21-10/h2,5,9H,3-4,6-8H2,1H3. The van der Waals surface area contributed by atoms with Gasteiger partial charge in [-0.1, -0.05) is 5.16 Å². The lowest BCUT2D eigenvalue weighted by atomic mass is 10.0. The first kappa shape index (κ1) is 13.6. The molecule has 4 amide bonds. The number of piperidine rings is 1. The summed E-state index contributed by atoms with van der Waals surface area (Å²) in [7, 11) is 1.49. The summed E-state index contributed by atoms with van der Waals surface area (Å²) >= 11 is 0. The molecule has 0 radical (unpaired) electrons. The predicted molar refractivity (Wildman–Crippen MR) is 70.3 cm³/mol. The normalized spacial score (nSPS) is 20.5. The van der Waals surface area contributed by atoms with Crippen LogP contribution < -0.4 is 0 Å². The summed E-state index contributed by atoms with van der Waals surface area (Å²) in [5.74, 6) is -0.146. The van der Waals surface area contributed by atoms with Crippen LogP contribution in [0.3, 0.4) is 0 Å². The Hall–Kier alpha value is -2.38. The molecule has 0 bridgehead atoms. The Bertz CT molecular complexity index is 563. The minimum atomic E-state index is -0.250. The van der Waals surface area contributed by atoms with E-state index in [0.717, 1.165) is 4.90 Å². The minimum Gasteiger partial charge on any atom is -0.351 e. The van der Waals surface area contributed by atoms with Gasteiger partial charge in [0.25, 0.3) is 5.91 Å². The Labute approximate surface area is 121 Å². The average Bonchev–Trinajstić information content (AvgIpc) is 3.12. The second kappa shape index (κ2) is 5.19. The molecular weight excluding hydrogens is 276 g/mol. The van der Waals surface area contributed by atoms with Crippen LogP contribution in [0.2, 0.25) is 0 Å². The van der Waals surface area contributed by atoms with Gasteiger partial charge in [0, 0.05) is 32.2 Å². The summed E-state index contributed by atoms with van der Waals surface area (Å²) in [5.41, 5.74) is 0. The molecule has 0 atom stereocenters. The molecule has 0 aromatic carbocycles. The molecule has 1 aromatic heterocycles. The van der Waals surface area contributed by atoms with Crippen LogP contribution in [0.1, 0.15) is 23.4 Å². The number of likely N-dealkylation sites (tertiary alicyclic amines) is 1. The van der Waals surface area contributed by atoms with E-state index in [1.807, 2.05) is 0 Å². The van der Waals surface area contributed by atoms with E-state index in [1.165, 1.54) is 19.3 Å². The Kier molecular flexibility index (Phi) is 3.36. The fourth-order valence-electron chi connectivity index (χ4n) is 2.77. The summed E-state index contributed by atoms with van der Waals surface area (Å²) in [4.78, 5) is 40.0. The van der Waals surface area contributed by atoms with Crippen molar-refractivity contribution >= 4 is 17.8 Å². The lowest BCUT2D eigenvalue weighted by molar-refractivity contribution is -0.124. The van der Waals surface area contributed by atoms with Gasteiger partial charge < -0.3 is 14.3 Å². The lowest BCUT2D eigenvalue weighted by Crippen LogP contribution is -2.47. The van der Waals surface area contributed by atoms with Crippen molar-refractivity contribution in [2.45, 2.75) is 18.9 Å². The van der Waals surface area contributed by atoms with Gasteiger partial charge >= 0.3 is 6.03 Å². The molecule has 1 aromatic rings. The molecule has 8 nitrogen and oxygen atoms in total. The first-order valence-corrected chi connectivity index (χ1v) is 6.85. The molecule has 0 aliphatic carbocycles. The Morgan fingerprint density at radius 1 is 1.33 bits per heavy atom. The number of likely N-dealkylation sites (N-methyl/N-ethyl adjacent to an activating group) is 1. The van der Waals surface area contributed by atoms with Crippen molar-refractivity contribution in [1.82, 2.24) is 19.9 Å². The highest BCUT2D eigenvalue weighted by Gasteiger charge is 2.39. The first-order chi connectivity index (χ1) is 10.1. The molecule has 0 spiro atoms. The highest BCUT2D eigenvalue weighted by Crippen LogP contribution is 2.22. The number of rotatable bonds is 2. The molecule has 112 valence electrons. The fraction of sp³-hybridized carbons (Fsp3) is 0.538. The highest BCUT2D eigenvalue weighted by atomic mass is 16.5. The maximum Gasteiger partial charge on any atom is 0.327 e. The molecule has 3 heterocycles. The van der Waals surface area contributed by atoms with E-state index >= 15 is 0 Å². The number of urea groups is 1. The number of hydrogen-bond acceptors (Lipinski definition) is 5. The van der Waals surface area contributed by atoms with Crippen LogP contribution >= 0.6 is 0 Å². The molecule has 0 saturated carbocycles. The van der Waals surface area contributed by atoms with E-state index in [9.17, 15) is 14.4 Å². The Morgan fingerprint density at radius 3 is 2.57 bits per heavy atom. The number of hydrogen-bond donors (Lipinski definition) is 0. The van der Waals surface area contributed by atoms with Crippen LogP contribution in [-0.4, -0.2) is 70.4 Å². The molecule has 2 saturated heterocycles. The van der Waals surface area contributed by atoms with Gasteiger partial charge in [0.05, 0.1) is 6.20 Å². The van der Waals surface area contributed by atoms with Crippen LogP contribution in [-0.2, 0) is 4.79 Å². The zero-order valence-corrected chi connectivity index (χ0v) is 11.7. The molecule has 3 rings (SSSR count). The molecule has 2 aliphatic rings. The third-order valence-electron chi connectivity index (χ3n) is 4.05. The maximum atomic E-state index is 12.1. The van der Waals surface area contributed by atoms with Crippen LogP contribution in [0.15, 0.2) is 16.8 Å². The van der Waals surface area contributed by atoms with Crippen molar-refractivity contribution in [2.75, 3.05) is 26.7 Å². The Morgan fingerprint density at radius 2 is 2.05 bits per heavy atom. The van der Waals surface area contributed by atoms with E-state index in [4.69, 9.17) is 4.52 Å². The molecular formula is C13H16N4O4. The number of amides is 4. The first-order valence-electron chi connectivity index (χ1n) is 6.85. The van der Waals surface area contributed by atoms with Gasteiger partial charge in [0.2, 0.25) is 11.7 Å². The van der Waals surface area contributed by atoms with Crippen molar-refractivity contribution in [3.05, 3.63) is 18.0 Å². The number of carbonyl (C=O) groups is 3. The Balaban J connectivity index is 1.60. The minimum absolute atomic E-state index is 0.00479. The third kappa shape index (κ3) is 2.37. The highest BCUT2D eigenvalue weighted by molar-refractivity contribution is 6.01. The molecule has 0 unspecified atom stereocenters. The SMILES string of the molecule is CN1C(=O)CN(C2CCN(C(=O)c3ccno3)CC2)C1=O. The summed E-state index contributed by atoms with van der Waals surface area (Å²) < 4.78 is 4.86. The quantitative estimate of drug-likeness (QED) is 0.725. The predicted octanol–water partition coefficient (Wildman–Crippen LogP) is 0.173. The van der Waals surface area contributed by atoms with Crippen LogP contribution in [0, 0.1) is 0 Å². The van der Waals surface area contributed by atoms with E-state index in [2.05, 4.69) is 5.16 Å². The van der Waals surface area contributed by atoms with Gasteiger partial charge in [-0.25, -0.2) is 4.79 Å². The summed E-state index contributed by atoms with van der Waals surface area (Å²) in [6, 6.07) is 1.29. The van der Waals surface area contributed by atoms with Gasteiger partial charge in [-0.3, -0.25) is 14.5 Å². The molecule has 8 heteroatoms. The maximum absolute atomic E-state index is 12.1. The van der Waals surface area contributed by atoms with E-state index < -0.39 is 0 Å². The summed E-state index contributed by atoms with van der Waals surface area (Å²) in [5, 5.41) is 3.52. The van der Waals surface area contributed by atoms with Gasteiger partial charge in [-0.2, -0.15) is 0 Å².